The quantitative estimate of drug-likeness (QED) is 0.417. The SMILES string of the molecule is CCOC(=O)N1CCN(c2nc3c(C)cccn3c(=O)c2/C=C2\SC(=S)N(CC3CCCO3)C2=O)CC1. The van der Waals surface area contributed by atoms with E-state index in [-0.39, 0.29) is 23.7 Å². The monoisotopic (exact) mass is 543 g/mol. The van der Waals surface area contributed by atoms with Crippen LogP contribution in [0, 0.1) is 6.92 Å². The summed E-state index contributed by atoms with van der Waals surface area (Å²) in [5.74, 6) is 0.268. The summed E-state index contributed by atoms with van der Waals surface area (Å²) in [7, 11) is 0. The van der Waals surface area contributed by atoms with E-state index >= 15 is 0 Å². The molecular formula is C25H29N5O5S2. The number of fused-ring (bicyclic) bond motifs is 1. The van der Waals surface area contributed by atoms with Crippen molar-refractivity contribution in [2.24, 2.45) is 0 Å². The number of nitrogens with zero attached hydrogens (tertiary/aromatic N) is 5. The Morgan fingerprint density at radius 2 is 2.08 bits per heavy atom. The zero-order valence-electron chi connectivity index (χ0n) is 20.8. The highest BCUT2D eigenvalue weighted by Gasteiger charge is 2.35. The third-order valence-electron chi connectivity index (χ3n) is 6.73. The minimum atomic E-state index is -0.348. The van der Waals surface area contributed by atoms with E-state index in [0.29, 0.717) is 72.2 Å². The molecule has 3 fully saturated rings. The summed E-state index contributed by atoms with van der Waals surface area (Å²) in [5.41, 5.74) is 1.48. The van der Waals surface area contributed by atoms with E-state index < -0.39 is 0 Å². The van der Waals surface area contributed by atoms with Crippen molar-refractivity contribution in [3.63, 3.8) is 0 Å². The molecule has 0 radical (unpaired) electrons. The summed E-state index contributed by atoms with van der Waals surface area (Å²) in [6.07, 6.45) is 4.80. The number of ether oxygens (including phenoxy) is 2. The molecule has 1 unspecified atom stereocenters. The first-order chi connectivity index (χ1) is 17.9. The fourth-order valence-electron chi connectivity index (χ4n) is 4.76. The second-order valence-corrected chi connectivity index (χ2v) is 10.8. The van der Waals surface area contributed by atoms with E-state index in [1.807, 2.05) is 17.9 Å². The van der Waals surface area contributed by atoms with Gasteiger partial charge in [0.1, 0.15) is 15.8 Å². The molecule has 2 aromatic rings. The van der Waals surface area contributed by atoms with Gasteiger partial charge in [-0.05, 0) is 44.4 Å². The van der Waals surface area contributed by atoms with Crippen LogP contribution in [0.4, 0.5) is 10.6 Å². The Morgan fingerprint density at radius 1 is 1.30 bits per heavy atom. The fourth-order valence-corrected chi connectivity index (χ4v) is 6.02. The van der Waals surface area contributed by atoms with Gasteiger partial charge in [-0.15, -0.1) is 0 Å². The predicted octanol–water partition coefficient (Wildman–Crippen LogP) is 2.66. The van der Waals surface area contributed by atoms with Crippen LogP contribution in [0.2, 0.25) is 0 Å². The van der Waals surface area contributed by atoms with Crippen LogP contribution in [-0.4, -0.2) is 87.5 Å². The van der Waals surface area contributed by atoms with Gasteiger partial charge in [0.05, 0.1) is 29.7 Å². The Kier molecular flexibility index (Phi) is 7.50. The fraction of sp³-hybridized carbons (Fsp3) is 0.480. The lowest BCUT2D eigenvalue weighted by Crippen LogP contribution is -2.49. The molecule has 3 saturated heterocycles. The van der Waals surface area contributed by atoms with Crippen LogP contribution in [0.25, 0.3) is 11.7 Å². The second kappa shape index (κ2) is 10.8. The summed E-state index contributed by atoms with van der Waals surface area (Å²) < 4.78 is 12.8. The number of amides is 2. The molecule has 0 spiro atoms. The van der Waals surface area contributed by atoms with Crippen molar-refractivity contribution in [2.75, 3.05) is 50.8 Å². The predicted molar refractivity (Wildman–Crippen MR) is 146 cm³/mol. The van der Waals surface area contributed by atoms with Crippen molar-refractivity contribution < 1.29 is 19.1 Å². The summed E-state index contributed by atoms with van der Waals surface area (Å²) in [5, 5.41) is 0. The van der Waals surface area contributed by atoms with Crippen LogP contribution in [0.1, 0.15) is 30.9 Å². The molecular weight excluding hydrogens is 514 g/mol. The van der Waals surface area contributed by atoms with E-state index in [0.717, 1.165) is 18.4 Å². The van der Waals surface area contributed by atoms with Crippen LogP contribution in [0.5, 0.6) is 0 Å². The number of pyridine rings is 1. The third-order valence-corrected chi connectivity index (χ3v) is 8.11. The number of aryl methyl sites for hydroxylation is 1. The summed E-state index contributed by atoms with van der Waals surface area (Å²) in [6, 6.07) is 3.70. The Balaban J connectivity index is 1.50. The van der Waals surface area contributed by atoms with Crippen molar-refractivity contribution in [2.45, 2.75) is 32.8 Å². The number of aromatic nitrogens is 2. The maximum atomic E-state index is 13.7. The standard InChI is InChI=1S/C25H29N5O5S2/c1-3-34-24(33)28-11-9-27(10-12-28)21-18(22(31)29-8-4-6-16(2)20(29)26-21)14-19-23(32)30(25(36)37-19)15-17-7-5-13-35-17/h4,6,8,14,17H,3,5,7,9-13,15H2,1-2H3/b19-14-. The van der Waals surface area contributed by atoms with Gasteiger partial charge in [-0.1, -0.05) is 30.0 Å². The molecule has 0 bridgehead atoms. The topological polar surface area (TPSA) is 96.7 Å². The lowest BCUT2D eigenvalue weighted by atomic mass is 10.2. The number of thiocarbonyl (C=S) groups is 1. The van der Waals surface area contributed by atoms with E-state index in [4.69, 9.17) is 26.7 Å². The van der Waals surface area contributed by atoms with Crippen LogP contribution in [-0.2, 0) is 14.3 Å². The minimum Gasteiger partial charge on any atom is -0.450 e. The summed E-state index contributed by atoms with van der Waals surface area (Å²) in [4.78, 5) is 49.7. The molecule has 1 atom stereocenters. The first-order valence-electron chi connectivity index (χ1n) is 12.4. The van der Waals surface area contributed by atoms with Crippen molar-refractivity contribution in [3.05, 3.63) is 44.7 Å². The van der Waals surface area contributed by atoms with Gasteiger partial charge >= 0.3 is 6.09 Å². The molecule has 0 N–H and O–H groups in total. The molecule has 196 valence electrons. The van der Waals surface area contributed by atoms with Crippen LogP contribution in [0.15, 0.2) is 28.0 Å². The lowest BCUT2D eigenvalue weighted by molar-refractivity contribution is -0.123. The van der Waals surface area contributed by atoms with Gasteiger partial charge in [0.25, 0.3) is 11.5 Å². The molecule has 3 aliphatic heterocycles. The zero-order chi connectivity index (χ0) is 26.1. The Bertz CT molecular complexity index is 1330. The highest BCUT2D eigenvalue weighted by atomic mass is 32.2. The van der Waals surface area contributed by atoms with Gasteiger partial charge in [-0.2, -0.15) is 0 Å². The Morgan fingerprint density at radius 3 is 2.78 bits per heavy atom. The van der Waals surface area contributed by atoms with Gasteiger partial charge in [0.15, 0.2) is 0 Å². The average Bonchev–Trinajstić information content (AvgIpc) is 3.50. The van der Waals surface area contributed by atoms with Crippen LogP contribution in [0.3, 0.4) is 0 Å². The average molecular weight is 544 g/mol. The van der Waals surface area contributed by atoms with E-state index in [2.05, 4.69) is 0 Å². The molecule has 2 amide bonds. The van der Waals surface area contributed by atoms with Crippen LogP contribution < -0.4 is 10.5 Å². The maximum Gasteiger partial charge on any atom is 0.409 e. The smallest absolute Gasteiger partial charge is 0.409 e. The highest BCUT2D eigenvalue weighted by Crippen LogP contribution is 2.34. The first-order valence-corrected chi connectivity index (χ1v) is 13.7. The summed E-state index contributed by atoms with van der Waals surface area (Å²) >= 11 is 6.69. The molecule has 12 heteroatoms. The van der Waals surface area contributed by atoms with Crippen molar-refractivity contribution in [3.8, 4) is 0 Å². The molecule has 5 heterocycles. The van der Waals surface area contributed by atoms with Gasteiger partial charge in [0, 0.05) is 39.0 Å². The number of carbonyl (C=O) groups is 2. The van der Waals surface area contributed by atoms with Gasteiger partial charge < -0.3 is 19.3 Å². The van der Waals surface area contributed by atoms with E-state index in [1.165, 1.54) is 16.2 Å². The molecule has 3 aliphatic rings. The number of rotatable bonds is 5. The zero-order valence-corrected chi connectivity index (χ0v) is 22.5. The maximum absolute atomic E-state index is 13.7. The van der Waals surface area contributed by atoms with Crippen LogP contribution >= 0.6 is 24.0 Å². The number of carbonyl (C=O) groups excluding carboxylic acids is 2. The molecule has 2 aromatic heterocycles. The highest BCUT2D eigenvalue weighted by molar-refractivity contribution is 8.26. The van der Waals surface area contributed by atoms with E-state index in [1.54, 1.807) is 35.1 Å². The number of hydrogen-bond donors (Lipinski definition) is 0. The van der Waals surface area contributed by atoms with E-state index in [9.17, 15) is 14.4 Å². The number of piperazine rings is 1. The van der Waals surface area contributed by atoms with Crippen molar-refractivity contribution in [1.29, 1.82) is 0 Å². The molecule has 10 nitrogen and oxygen atoms in total. The number of hydrogen-bond acceptors (Lipinski definition) is 9. The molecule has 0 aromatic carbocycles. The largest absolute Gasteiger partial charge is 0.450 e. The number of thioether (sulfide) groups is 1. The lowest BCUT2D eigenvalue weighted by Gasteiger charge is -2.35. The Hall–Kier alpha value is -2.96. The number of anilines is 1. The second-order valence-electron chi connectivity index (χ2n) is 9.14. The minimum absolute atomic E-state index is 0.0240. The molecule has 5 rings (SSSR count). The van der Waals surface area contributed by atoms with Crippen molar-refractivity contribution in [1.82, 2.24) is 19.2 Å². The third kappa shape index (κ3) is 5.10. The van der Waals surface area contributed by atoms with Gasteiger partial charge in [-0.3, -0.25) is 18.9 Å². The summed E-state index contributed by atoms with van der Waals surface area (Å²) in [6.45, 7) is 6.95. The Labute approximate surface area is 224 Å². The van der Waals surface area contributed by atoms with Gasteiger partial charge in [-0.25, -0.2) is 9.78 Å². The molecule has 0 aliphatic carbocycles. The normalized spacial score (nSPS) is 21.5. The van der Waals surface area contributed by atoms with Crippen molar-refractivity contribution >= 4 is 57.8 Å². The molecule has 0 saturated carbocycles. The first kappa shape index (κ1) is 25.7. The molecule has 37 heavy (non-hydrogen) atoms. The van der Waals surface area contributed by atoms with Gasteiger partial charge in [0.2, 0.25) is 0 Å².